The number of carbonyl (C=O) groups is 2. The third kappa shape index (κ3) is 5.72. The average molecular weight is 437 g/mol. The van der Waals surface area contributed by atoms with Crippen molar-refractivity contribution in [1.82, 2.24) is 0 Å². The van der Waals surface area contributed by atoms with Gasteiger partial charge in [0.2, 0.25) is 5.91 Å². The van der Waals surface area contributed by atoms with Crippen molar-refractivity contribution in [1.29, 1.82) is 5.26 Å². The summed E-state index contributed by atoms with van der Waals surface area (Å²) in [7, 11) is 0. The number of benzene rings is 2. The highest BCUT2D eigenvalue weighted by atomic mass is 32.2. The number of amides is 1. The fourth-order valence-electron chi connectivity index (χ4n) is 2.69. The highest BCUT2D eigenvalue weighted by Crippen LogP contribution is 2.36. The van der Waals surface area contributed by atoms with Crippen molar-refractivity contribution in [3.8, 4) is 16.5 Å². The molecule has 0 spiro atoms. The van der Waals surface area contributed by atoms with E-state index in [2.05, 4.69) is 11.4 Å². The van der Waals surface area contributed by atoms with Gasteiger partial charge < -0.3 is 10.1 Å². The van der Waals surface area contributed by atoms with Crippen LogP contribution in [-0.2, 0) is 15.3 Å². The minimum Gasteiger partial charge on any atom is -0.462 e. The topological polar surface area (TPSA) is 79.2 Å². The van der Waals surface area contributed by atoms with Crippen molar-refractivity contribution in [3.63, 3.8) is 0 Å². The van der Waals surface area contributed by atoms with E-state index in [9.17, 15) is 9.59 Å². The summed E-state index contributed by atoms with van der Waals surface area (Å²) in [5, 5.41) is 12.2. The van der Waals surface area contributed by atoms with E-state index in [4.69, 9.17) is 10.00 Å². The summed E-state index contributed by atoms with van der Waals surface area (Å²) in [6.45, 7) is 2.02. The molecule has 0 atom stereocenters. The summed E-state index contributed by atoms with van der Waals surface area (Å²) in [5.74, 6) is 0.279. The molecule has 0 unspecified atom stereocenters. The van der Waals surface area contributed by atoms with Crippen LogP contribution < -0.4 is 5.32 Å². The van der Waals surface area contributed by atoms with Gasteiger partial charge in [-0.15, -0.1) is 23.1 Å². The molecule has 5 nitrogen and oxygen atoms in total. The molecule has 0 fully saturated rings. The van der Waals surface area contributed by atoms with Crippen LogP contribution >= 0.6 is 23.1 Å². The Bertz CT molecular complexity index is 1050. The quantitative estimate of drug-likeness (QED) is 0.483. The summed E-state index contributed by atoms with van der Waals surface area (Å²) in [4.78, 5) is 25.7. The van der Waals surface area contributed by atoms with Crippen LogP contribution in [0.4, 0.5) is 5.00 Å². The molecule has 3 rings (SSSR count). The number of ether oxygens (including phenoxy) is 1. The monoisotopic (exact) mass is 436 g/mol. The Balaban J connectivity index is 1.66. The molecule has 3 aromatic rings. The first-order valence-corrected chi connectivity index (χ1v) is 11.3. The molecule has 0 aliphatic heterocycles. The van der Waals surface area contributed by atoms with E-state index in [0.29, 0.717) is 21.9 Å². The fourth-order valence-corrected chi connectivity index (χ4v) is 4.54. The zero-order valence-electron chi connectivity index (χ0n) is 16.4. The maximum absolute atomic E-state index is 12.5. The highest BCUT2D eigenvalue weighted by Gasteiger charge is 2.19. The Morgan fingerprint density at radius 1 is 1.13 bits per heavy atom. The van der Waals surface area contributed by atoms with Gasteiger partial charge in [0.05, 0.1) is 29.6 Å². The van der Waals surface area contributed by atoms with Crippen LogP contribution in [0.1, 0.15) is 28.4 Å². The Morgan fingerprint density at radius 3 is 2.53 bits per heavy atom. The first-order valence-electron chi connectivity index (χ1n) is 9.33. The molecule has 7 heteroatoms. The van der Waals surface area contributed by atoms with Gasteiger partial charge >= 0.3 is 5.97 Å². The van der Waals surface area contributed by atoms with Gasteiger partial charge in [-0.3, -0.25) is 4.79 Å². The van der Waals surface area contributed by atoms with Gasteiger partial charge in [-0.05, 0) is 36.2 Å². The number of hydrogen-bond acceptors (Lipinski definition) is 6. The third-order valence-corrected chi connectivity index (χ3v) is 6.23. The second-order valence-corrected chi connectivity index (χ2v) is 8.33. The Kier molecular flexibility index (Phi) is 7.66. The maximum atomic E-state index is 12.5. The maximum Gasteiger partial charge on any atom is 0.341 e. The zero-order chi connectivity index (χ0) is 21.3. The number of rotatable bonds is 8. The van der Waals surface area contributed by atoms with E-state index in [1.807, 2.05) is 42.5 Å². The molecule has 0 radical (unpaired) electrons. The first-order chi connectivity index (χ1) is 14.6. The van der Waals surface area contributed by atoms with Crippen LogP contribution in [0.5, 0.6) is 0 Å². The molecule has 0 bridgehead atoms. The minimum atomic E-state index is -0.448. The summed E-state index contributed by atoms with van der Waals surface area (Å²) < 4.78 is 5.15. The largest absolute Gasteiger partial charge is 0.462 e. The SMILES string of the molecule is CCOC(=O)c1cc(-c2ccccc2)sc1NC(=O)CSCc1ccc(C#N)cc1. The number of nitriles is 1. The van der Waals surface area contributed by atoms with E-state index in [0.717, 1.165) is 16.0 Å². The van der Waals surface area contributed by atoms with Gasteiger partial charge in [0.1, 0.15) is 5.00 Å². The number of nitrogens with one attached hydrogen (secondary N) is 1. The number of anilines is 1. The number of thiophene rings is 1. The molecular weight excluding hydrogens is 416 g/mol. The van der Waals surface area contributed by atoms with Crippen LogP contribution in [0.15, 0.2) is 60.7 Å². The van der Waals surface area contributed by atoms with Crippen molar-refractivity contribution in [2.24, 2.45) is 0 Å². The third-order valence-electron chi connectivity index (χ3n) is 4.12. The molecule has 0 saturated carbocycles. The van der Waals surface area contributed by atoms with Gasteiger partial charge in [-0.25, -0.2) is 4.79 Å². The van der Waals surface area contributed by atoms with Crippen LogP contribution in [0, 0.1) is 11.3 Å². The molecule has 30 heavy (non-hydrogen) atoms. The lowest BCUT2D eigenvalue weighted by Gasteiger charge is -2.06. The van der Waals surface area contributed by atoms with E-state index in [1.54, 1.807) is 25.1 Å². The summed E-state index contributed by atoms with van der Waals surface area (Å²) in [6.07, 6.45) is 0. The van der Waals surface area contributed by atoms with Crippen molar-refractivity contribution in [3.05, 3.63) is 77.4 Å². The lowest BCUT2D eigenvalue weighted by Crippen LogP contribution is -2.16. The van der Waals surface area contributed by atoms with E-state index in [-0.39, 0.29) is 18.3 Å². The normalized spacial score (nSPS) is 10.3. The predicted molar refractivity (Wildman–Crippen MR) is 122 cm³/mol. The molecule has 1 amide bonds. The first kappa shape index (κ1) is 21.6. The van der Waals surface area contributed by atoms with Crippen LogP contribution in [0.2, 0.25) is 0 Å². The van der Waals surface area contributed by atoms with Gasteiger partial charge in [-0.1, -0.05) is 42.5 Å². The minimum absolute atomic E-state index is 0.180. The van der Waals surface area contributed by atoms with E-state index in [1.165, 1.54) is 23.1 Å². The smallest absolute Gasteiger partial charge is 0.341 e. The van der Waals surface area contributed by atoms with Crippen LogP contribution in [0.3, 0.4) is 0 Å². The standard InChI is InChI=1S/C23H20N2O3S2/c1-2-28-23(27)19-12-20(18-6-4-3-5-7-18)30-22(19)25-21(26)15-29-14-17-10-8-16(13-24)9-11-17/h3-12H,2,14-15H2,1H3,(H,25,26). The van der Waals surface area contributed by atoms with Crippen molar-refractivity contribution in [2.45, 2.75) is 12.7 Å². The number of carbonyl (C=O) groups excluding carboxylic acids is 2. The fraction of sp³-hybridized carbons (Fsp3) is 0.174. The van der Waals surface area contributed by atoms with Gasteiger partial charge in [0.15, 0.2) is 0 Å². The molecule has 0 saturated heterocycles. The van der Waals surface area contributed by atoms with E-state index >= 15 is 0 Å². The van der Waals surface area contributed by atoms with Crippen molar-refractivity contribution < 1.29 is 14.3 Å². The summed E-state index contributed by atoms with van der Waals surface area (Å²) in [6, 6.07) is 20.8. The molecule has 0 aliphatic rings. The van der Waals surface area contributed by atoms with Gasteiger partial charge in [0.25, 0.3) is 0 Å². The zero-order valence-corrected chi connectivity index (χ0v) is 18.0. The van der Waals surface area contributed by atoms with Crippen LogP contribution in [-0.4, -0.2) is 24.2 Å². The molecule has 2 aromatic carbocycles. The average Bonchev–Trinajstić information content (AvgIpc) is 3.19. The highest BCUT2D eigenvalue weighted by molar-refractivity contribution is 7.99. The Morgan fingerprint density at radius 2 is 1.87 bits per heavy atom. The summed E-state index contributed by atoms with van der Waals surface area (Å²) in [5.41, 5.74) is 3.00. The number of nitrogens with zero attached hydrogens (tertiary/aromatic N) is 1. The Labute approximate surface area is 183 Å². The molecule has 1 heterocycles. The molecular formula is C23H20N2O3S2. The molecule has 1 aromatic heterocycles. The predicted octanol–water partition coefficient (Wildman–Crippen LogP) is 5.34. The second kappa shape index (κ2) is 10.6. The molecule has 152 valence electrons. The number of hydrogen-bond donors (Lipinski definition) is 1. The number of esters is 1. The van der Waals surface area contributed by atoms with Gasteiger partial charge in [0, 0.05) is 10.6 Å². The van der Waals surface area contributed by atoms with E-state index < -0.39 is 5.97 Å². The lowest BCUT2D eigenvalue weighted by molar-refractivity contribution is -0.113. The molecule has 0 aliphatic carbocycles. The van der Waals surface area contributed by atoms with Crippen molar-refractivity contribution in [2.75, 3.05) is 17.7 Å². The second-order valence-electron chi connectivity index (χ2n) is 6.29. The van der Waals surface area contributed by atoms with Crippen molar-refractivity contribution >= 4 is 40.0 Å². The number of thioether (sulfide) groups is 1. The lowest BCUT2D eigenvalue weighted by atomic mass is 10.1. The molecule has 1 N–H and O–H groups in total. The summed E-state index contributed by atoms with van der Waals surface area (Å²) >= 11 is 2.82. The Hall–Kier alpha value is -3.08. The van der Waals surface area contributed by atoms with Gasteiger partial charge in [-0.2, -0.15) is 5.26 Å². The van der Waals surface area contributed by atoms with Crippen LogP contribution in [0.25, 0.3) is 10.4 Å².